The van der Waals surface area contributed by atoms with E-state index in [2.05, 4.69) is 10.6 Å². The summed E-state index contributed by atoms with van der Waals surface area (Å²) in [5.41, 5.74) is 0.827. The van der Waals surface area contributed by atoms with E-state index < -0.39 is 23.8 Å². The SMILES string of the molecule is COc1cc(NC(=O)C2CNC(=O)N(c3ccccc3)C2=O)cc(OC)c1. The van der Waals surface area contributed by atoms with E-state index >= 15 is 0 Å². The lowest BCUT2D eigenvalue weighted by Gasteiger charge is -2.30. The summed E-state index contributed by atoms with van der Waals surface area (Å²) in [6.07, 6.45) is 0. The number of methoxy groups -OCH3 is 2. The fourth-order valence-corrected chi connectivity index (χ4v) is 2.75. The second-order valence-corrected chi connectivity index (χ2v) is 5.84. The first kappa shape index (κ1) is 18.2. The van der Waals surface area contributed by atoms with Gasteiger partial charge in [-0.05, 0) is 12.1 Å². The average Bonchev–Trinajstić information content (AvgIpc) is 2.68. The van der Waals surface area contributed by atoms with Gasteiger partial charge in [-0.15, -0.1) is 0 Å². The maximum atomic E-state index is 12.8. The van der Waals surface area contributed by atoms with Crippen LogP contribution in [0, 0.1) is 5.92 Å². The molecule has 1 heterocycles. The minimum atomic E-state index is -1.06. The van der Waals surface area contributed by atoms with E-state index in [1.165, 1.54) is 14.2 Å². The molecule has 8 nitrogen and oxygen atoms in total. The molecule has 8 heteroatoms. The molecule has 0 bridgehead atoms. The van der Waals surface area contributed by atoms with Crippen LogP contribution in [-0.4, -0.2) is 38.6 Å². The summed E-state index contributed by atoms with van der Waals surface area (Å²) in [5, 5.41) is 5.26. The molecule has 0 radical (unpaired) electrons. The quantitative estimate of drug-likeness (QED) is 0.786. The molecule has 1 atom stereocenters. The van der Waals surface area contributed by atoms with E-state index in [1.54, 1.807) is 48.5 Å². The summed E-state index contributed by atoms with van der Waals surface area (Å²) in [5.74, 6) is -1.17. The monoisotopic (exact) mass is 369 g/mol. The number of anilines is 2. The number of amides is 4. The molecule has 1 fully saturated rings. The fraction of sp³-hybridized carbons (Fsp3) is 0.211. The number of urea groups is 1. The largest absolute Gasteiger partial charge is 0.497 e. The Kier molecular flexibility index (Phi) is 5.25. The molecule has 0 aromatic heterocycles. The van der Waals surface area contributed by atoms with Gasteiger partial charge in [0.15, 0.2) is 0 Å². The molecule has 2 aromatic rings. The minimum Gasteiger partial charge on any atom is -0.497 e. The highest BCUT2D eigenvalue weighted by Crippen LogP contribution is 2.27. The van der Waals surface area contributed by atoms with Crippen molar-refractivity contribution in [3.8, 4) is 11.5 Å². The third-order valence-electron chi connectivity index (χ3n) is 4.13. The van der Waals surface area contributed by atoms with Crippen LogP contribution in [0.3, 0.4) is 0 Å². The molecule has 1 aliphatic heterocycles. The summed E-state index contributed by atoms with van der Waals surface area (Å²) < 4.78 is 10.3. The summed E-state index contributed by atoms with van der Waals surface area (Å²) >= 11 is 0. The van der Waals surface area contributed by atoms with Crippen LogP contribution in [0.2, 0.25) is 0 Å². The molecule has 4 amide bonds. The normalized spacial score (nSPS) is 16.5. The summed E-state index contributed by atoms with van der Waals surface area (Å²) in [6.45, 7) is -0.0755. The van der Waals surface area contributed by atoms with Crippen LogP contribution < -0.4 is 25.0 Å². The molecule has 1 saturated heterocycles. The molecule has 140 valence electrons. The Balaban J connectivity index is 1.81. The molecule has 0 spiro atoms. The van der Waals surface area contributed by atoms with Crippen molar-refractivity contribution in [2.45, 2.75) is 0 Å². The van der Waals surface area contributed by atoms with Crippen molar-refractivity contribution < 1.29 is 23.9 Å². The predicted molar refractivity (Wildman–Crippen MR) is 99.0 cm³/mol. The molecule has 3 rings (SSSR count). The number of hydrogen-bond donors (Lipinski definition) is 2. The van der Waals surface area contributed by atoms with E-state index in [0.717, 1.165) is 4.90 Å². The van der Waals surface area contributed by atoms with E-state index in [4.69, 9.17) is 9.47 Å². The molecule has 0 aliphatic carbocycles. The Hall–Kier alpha value is -3.55. The van der Waals surface area contributed by atoms with Gasteiger partial charge in [-0.3, -0.25) is 9.59 Å². The number of carbonyl (C=O) groups excluding carboxylic acids is 3. The number of nitrogens with one attached hydrogen (secondary N) is 2. The number of imide groups is 1. The molecule has 1 aliphatic rings. The van der Waals surface area contributed by atoms with Crippen LogP contribution >= 0.6 is 0 Å². The van der Waals surface area contributed by atoms with Crippen molar-refractivity contribution >= 4 is 29.2 Å². The van der Waals surface area contributed by atoms with Gasteiger partial charge in [0.2, 0.25) is 11.8 Å². The zero-order valence-electron chi connectivity index (χ0n) is 14.9. The first-order valence-corrected chi connectivity index (χ1v) is 8.24. The third kappa shape index (κ3) is 3.84. The Morgan fingerprint density at radius 1 is 1.07 bits per heavy atom. The van der Waals surface area contributed by atoms with Crippen LogP contribution in [0.1, 0.15) is 0 Å². The predicted octanol–water partition coefficient (Wildman–Crippen LogP) is 2.01. The molecule has 1 unspecified atom stereocenters. The zero-order chi connectivity index (χ0) is 19.4. The van der Waals surface area contributed by atoms with Gasteiger partial charge in [-0.25, -0.2) is 9.69 Å². The lowest BCUT2D eigenvalue weighted by atomic mass is 10.0. The standard InChI is InChI=1S/C19H19N3O5/c1-26-14-8-12(9-15(10-14)27-2)21-17(23)16-11-20-19(25)22(18(16)24)13-6-4-3-5-7-13/h3-10,16H,11H2,1-2H3,(H,20,25)(H,21,23). The second-order valence-electron chi connectivity index (χ2n) is 5.84. The van der Waals surface area contributed by atoms with Crippen molar-refractivity contribution in [3.63, 3.8) is 0 Å². The first-order valence-electron chi connectivity index (χ1n) is 8.24. The van der Waals surface area contributed by atoms with Gasteiger partial charge in [0.25, 0.3) is 0 Å². The lowest BCUT2D eigenvalue weighted by molar-refractivity contribution is -0.130. The first-order chi connectivity index (χ1) is 13.0. The molecular weight excluding hydrogens is 350 g/mol. The number of carbonyl (C=O) groups is 3. The van der Waals surface area contributed by atoms with Crippen LogP contribution in [0.15, 0.2) is 48.5 Å². The zero-order valence-corrected chi connectivity index (χ0v) is 14.9. The van der Waals surface area contributed by atoms with Gasteiger partial charge >= 0.3 is 6.03 Å². The van der Waals surface area contributed by atoms with Gasteiger partial charge in [-0.1, -0.05) is 18.2 Å². The molecule has 2 N–H and O–H groups in total. The average molecular weight is 369 g/mol. The number of nitrogens with zero attached hydrogens (tertiary/aromatic N) is 1. The van der Waals surface area contributed by atoms with Gasteiger partial charge in [0, 0.05) is 30.4 Å². The van der Waals surface area contributed by atoms with Crippen LogP contribution in [0.5, 0.6) is 11.5 Å². The van der Waals surface area contributed by atoms with E-state index in [9.17, 15) is 14.4 Å². The number of ether oxygens (including phenoxy) is 2. The van der Waals surface area contributed by atoms with Crippen molar-refractivity contribution in [1.82, 2.24) is 5.32 Å². The Morgan fingerprint density at radius 2 is 1.70 bits per heavy atom. The van der Waals surface area contributed by atoms with Crippen LogP contribution in [0.25, 0.3) is 0 Å². The fourth-order valence-electron chi connectivity index (χ4n) is 2.75. The summed E-state index contributed by atoms with van der Waals surface area (Å²) in [4.78, 5) is 38.5. The number of rotatable bonds is 5. The molecule has 2 aromatic carbocycles. The van der Waals surface area contributed by atoms with Crippen molar-refractivity contribution in [2.75, 3.05) is 31.0 Å². The topological polar surface area (TPSA) is 97.0 Å². The van der Waals surface area contributed by atoms with Gasteiger partial charge in [-0.2, -0.15) is 0 Å². The maximum absolute atomic E-state index is 12.8. The van der Waals surface area contributed by atoms with Crippen LogP contribution in [0.4, 0.5) is 16.2 Å². The van der Waals surface area contributed by atoms with Gasteiger partial charge < -0.3 is 20.1 Å². The molecular formula is C19H19N3O5. The van der Waals surface area contributed by atoms with Crippen LogP contribution in [-0.2, 0) is 9.59 Å². The number of hydrogen-bond acceptors (Lipinski definition) is 5. The Bertz CT molecular complexity index is 847. The smallest absolute Gasteiger partial charge is 0.328 e. The maximum Gasteiger partial charge on any atom is 0.328 e. The van der Waals surface area contributed by atoms with Gasteiger partial charge in [0.05, 0.1) is 19.9 Å². The van der Waals surface area contributed by atoms with E-state index in [1.807, 2.05) is 0 Å². The van der Waals surface area contributed by atoms with Crippen molar-refractivity contribution in [2.24, 2.45) is 5.92 Å². The highest BCUT2D eigenvalue weighted by Gasteiger charge is 2.39. The Morgan fingerprint density at radius 3 is 2.30 bits per heavy atom. The highest BCUT2D eigenvalue weighted by molar-refractivity contribution is 6.23. The molecule has 27 heavy (non-hydrogen) atoms. The lowest BCUT2D eigenvalue weighted by Crippen LogP contribution is -2.58. The highest BCUT2D eigenvalue weighted by atomic mass is 16.5. The van der Waals surface area contributed by atoms with Gasteiger partial charge in [0.1, 0.15) is 17.4 Å². The Labute approximate surface area is 156 Å². The van der Waals surface area contributed by atoms with Crippen molar-refractivity contribution in [3.05, 3.63) is 48.5 Å². The second kappa shape index (κ2) is 7.77. The third-order valence-corrected chi connectivity index (χ3v) is 4.13. The van der Waals surface area contributed by atoms with E-state index in [-0.39, 0.29) is 6.54 Å². The number of para-hydroxylation sites is 1. The summed E-state index contributed by atoms with van der Waals surface area (Å²) in [7, 11) is 3.00. The summed E-state index contributed by atoms with van der Waals surface area (Å²) in [6, 6.07) is 12.8. The van der Waals surface area contributed by atoms with Crippen molar-refractivity contribution in [1.29, 1.82) is 0 Å². The molecule has 0 saturated carbocycles. The van der Waals surface area contributed by atoms with E-state index in [0.29, 0.717) is 22.9 Å². The minimum absolute atomic E-state index is 0.0755. The number of benzene rings is 2.